The average Bonchev–Trinajstić information content (AvgIpc) is 2.99. The lowest BCUT2D eigenvalue weighted by atomic mass is 10.1. The van der Waals surface area contributed by atoms with E-state index in [2.05, 4.69) is 5.32 Å². The van der Waals surface area contributed by atoms with Crippen molar-refractivity contribution in [3.63, 3.8) is 0 Å². The van der Waals surface area contributed by atoms with Gasteiger partial charge in [-0.2, -0.15) is 13.2 Å². The summed E-state index contributed by atoms with van der Waals surface area (Å²) in [7, 11) is 0. The number of nitrogens with one attached hydrogen (secondary N) is 1. The Labute approximate surface area is 151 Å². The molecule has 0 atom stereocenters. The van der Waals surface area contributed by atoms with E-state index in [1.165, 1.54) is 29.5 Å². The maximum atomic E-state index is 12.9. The van der Waals surface area contributed by atoms with Crippen LogP contribution < -0.4 is 9.88 Å². The van der Waals surface area contributed by atoms with Crippen molar-refractivity contribution in [3.8, 4) is 22.8 Å². The molecule has 0 aliphatic carbocycles. The summed E-state index contributed by atoms with van der Waals surface area (Å²) in [6, 6.07) is 9.51. The molecule has 0 bridgehead atoms. The van der Waals surface area contributed by atoms with E-state index < -0.39 is 11.7 Å². The maximum absolute atomic E-state index is 12.9. The molecule has 26 heavy (non-hydrogen) atoms. The number of hydrogen-bond donors (Lipinski definition) is 3. The number of nitrogens with zero attached hydrogens (tertiary/aromatic N) is 1. The van der Waals surface area contributed by atoms with E-state index in [4.69, 9.17) is 0 Å². The molecular formula is C18H16F3N2O2S+. The SMILES string of the molecule is CC[n+]1c(-c2ccc(O)c(O)c2)csc1Nc1cccc(C(F)(F)F)c1. The van der Waals surface area contributed by atoms with Gasteiger partial charge in [0.15, 0.2) is 11.5 Å². The fraction of sp³-hybridized carbons (Fsp3) is 0.167. The summed E-state index contributed by atoms with van der Waals surface area (Å²) in [5.74, 6) is -0.446. The van der Waals surface area contributed by atoms with Crippen molar-refractivity contribution in [2.45, 2.75) is 19.6 Å². The summed E-state index contributed by atoms with van der Waals surface area (Å²) in [4.78, 5) is 0. The number of aromatic hydroxyl groups is 2. The minimum atomic E-state index is -4.40. The molecule has 0 spiro atoms. The Hall–Kier alpha value is -2.74. The highest BCUT2D eigenvalue weighted by Gasteiger charge is 2.31. The zero-order chi connectivity index (χ0) is 18.9. The highest BCUT2D eigenvalue weighted by Crippen LogP contribution is 2.33. The predicted molar refractivity (Wildman–Crippen MR) is 93.7 cm³/mol. The number of phenols is 2. The van der Waals surface area contributed by atoms with Gasteiger partial charge in [-0.15, -0.1) is 0 Å². The number of aromatic nitrogens is 1. The van der Waals surface area contributed by atoms with Crippen LogP contribution in [0.4, 0.5) is 24.0 Å². The van der Waals surface area contributed by atoms with Gasteiger partial charge in [-0.1, -0.05) is 17.4 Å². The van der Waals surface area contributed by atoms with Crippen LogP contribution in [-0.4, -0.2) is 10.2 Å². The highest BCUT2D eigenvalue weighted by atomic mass is 32.1. The highest BCUT2D eigenvalue weighted by molar-refractivity contribution is 7.13. The molecule has 3 aromatic rings. The quantitative estimate of drug-likeness (QED) is 0.445. The summed E-state index contributed by atoms with van der Waals surface area (Å²) < 4.78 is 40.5. The second-order valence-electron chi connectivity index (χ2n) is 5.58. The van der Waals surface area contributed by atoms with Gasteiger partial charge in [0.05, 0.1) is 12.1 Å². The minimum absolute atomic E-state index is 0.214. The van der Waals surface area contributed by atoms with Crippen molar-refractivity contribution in [3.05, 3.63) is 53.4 Å². The second kappa shape index (κ2) is 6.87. The third-order valence-corrected chi connectivity index (χ3v) is 4.73. The number of thiazole rings is 1. The third kappa shape index (κ3) is 3.60. The molecule has 0 aliphatic rings. The van der Waals surface area contributed by atoms with Crippen LogP contribution in [-0.2, 0) is 12.7 Å². The van der Waals surface area contributed by atoms with Crippen LogP contribution in [0.5, 0.6) is 11.5 Å². The number of alkyl halides is 3. The summed E-state index contributed by atoms with van der Waals surface area (Å²) in [5, 5.41) is 24.7. The number of rotatable bonds is 4. The zero-order valence-corrected chi connectivity index (χ0v) is 14.5. The minimum Gasteiger partial charge on any atom is -0.504 e. The molecular weight excluding hydrogens is 365 g/mol. The maximum Gasteiger partial charge on any atom is 0.416 e. The monoisotopic (exact) mass is 381 g/mol. The molecule has 0 saturated heterocycles. The van der Waals surface area contributed by atoms with Gasteiger partial charge in [0.2, 0.25) is 0 Å². The van der Waals surface area contributed by atoms with Crippen molar-refractivity contribution < 1.29 is 28.0 Å². The van der Waals surface area contributed by atoms with Crippen molar-refractivity contribution in [2.24, 2.45) is 0 Å². The standard InChI is InChI=1S/C18H15F3N2O2S/c1-2-23-14(11-6-7-15(24)16(25)8-11)10-26-17(23)22-13-5-3-4-12(9-13)18(19,20)21/h3-10,24-25H,2H2,1H3/p+1. The fourth-order valence-electron chi connectivity index (χ4n) is 2.56. The number of anilines is 2. The van der Waals surface area contributed by atoms with Crippen LogP contribution in [0.2, 0.25) is 0 Å². The first-order valence-electron chi connectivity index (χ1n) is 7.77. The Morgan fingerprint density at radius 2 is 1.85 bits per heavy atom. The number of halogens is 3. The van der Waals surface area contributed by atoms with E-state index in [1.54, 1.807) is 12.1 Å². The van der Waals surface area contributed by atoms with Gasteiger partial charge in [0, 0.05) is 10.9 Å². The van der Waals surface area contributed by atoms with E-state index in [0.29, 0.717) is 22.9 Å². The van der Waals surface area contributed by atoms with Gasteiger partial charge in [0.1, 0.15) is 11.4 Å². The Morgan fingerprint density at radius 1 is 1.08 bits per heavy atom. The van der Waals surface area contributed by atoms with Gasteiger partial charge in [-0.05, 0) is 43.3 Å². The summed E-state index contributed by atoms with van der Waals surface area (Å²) in [6.45, 7) is 2.48. The Kier molecular flexibility index (Phi) is 4.78. The van der Waals surface area contributed by atoms with E-state index in [9.17, 15) is 23.4 Å². The van der Waals surface area contributed by atoms with E-state index in [1.807, 2.05) is 16.9 Å². The molecule has 1 heterocycles. The van der Waals surface area contributed by atoms with Crippen LogP contribution in [0.3, 0.4) is 0 Å². The third-order valence-electron chi connectivity index (χ3n) is 3.85. The van der Waals surface area contributed by atoms with Crippen molar-refractivity contribution in [2.75, 3.05) is 5.32 Å². The summed E-state index contributed by atoms with van der Waals surface area (Å²) in [5.41, 5.74) is 1.09. The molecule has 8 heteroatoms. The fourth-order valence-corrected chi connectivity index (χ4v) is 3.58. The zero-order valence-electron chi connectivity index (χ0n) is 13.7. The molecule has 4 nitrogen and oxygen atoms in total. The lowest BCUT2D eigenvalue weighted by Crippen LogP contribution is -2.35. The van der Waals surface area contributed by atoms with Crippen LogP contribution >= 0.6 is 11.3 Å². The van der Waals surface area contributed by atoms with Gasteiger partial charge in [0.25, 0.3) is 0 Å². The smallest absolute Gasteiger partial charge is 0.416 e. The molecule has 1 aromatic heterocycles. The number of benzene rings is 2. The van der Waals surface area contributed by atoms with Gasteiger partial charge in [-0.3, -0.25) is 0 Å². The Morgan fingerprint density at radius 3 is 2.50 bits per heavy atom. The van der Waals surface area contributed by atoms with Crippen molar-refractivity contribution >= 4 is 22.2 Å². The molecule has 0 saturated carbocycles. The predicted octanol–water partition coefficient (Wildman–Crippen LogP) is 4.90. The first kappa shape index (κ1) is 18.1. The van der Waals surface area contributed by atoms with E-state index >= 15 is 0 Å². The first-order chi connectivity index (χ1) is 12.3. The molecule has 0 fully saturated rings. The summed E-state index contributed by atoms with van der Waals surface area (Å²) in [6.07, 6.45) is -4.40. The van der Waals surface area contributed by atoms with Gasteiger partial charge >= 0.3 is 11.3 Å². The molecule has 136 valence electrons. The van der Waals surface area contributed by atoms with E-state index in [-0.39, 0.29) is 11.5 Å². The summed E-state index contributed by atoms with van der Waals surface area (Å²) >= 11 is 1.34. The number of hydrogen-bond acceptors (Lipinski definition) is 4. The largest absolute Gasteiger partial charge is 0.504 e. The van der Waals surface area contributed by atoms with E-state index in [0.717, 1.165) is 17.8 Å². The van der Waals surface area contributed by atoms with Crippen molar-refractivity contribution in [1.29, 1.82) is 0 Å². The van der Waals surface area contributed by atoms with Gasteiger partial charge < -0.3 is 10.2 Å². The second-order valence-corrected chi connectivity index (χ2v) is 6.44. The van der Waals surface area contributed by atoms with Crippen LogP contribution in [0.15, 0.2) is 47.8 Å². The Balaban J connectivity index is 1.95. The van der Waals surface area contributed by atoms with Crippen molar-refractivity contribution in [1.82, 2.24) is 0 Å². The molecule has 0 unspecified atom stereocenters. The average molecular weight is 381 g/mol. The molecule has 2 aromatic carbocycles. The normalized spacial score (nSPS) is 11.5. The van der Waals surface area contributed by atoms with Crippen LogP contribution in [0, 0.1) is 0 Å². The molecule has 0 amide bonds. The van der Waals surface area contributed by atoms with Crippen LogP contribution in [0.25, 0.3) is 11.3 Å². The lowest BCUT2D eigenvalue weighted by Gasteiger charge is -2.08. The topological polar surface area (TPSA) is 56.4 Å². The lowest BCUT2D eigenvalue weighted by molar-refractivity contribution is -0.664. The molecule has 3 N–H and O–H groups in total. The molecule has 3 rings (SSSR count). The first-order valence-corrected chi connectivity index (χ1v) is 8.65. The molecule has 0 radical (unpaired) electrons. The van der Waals surface area contributed by atoms with Gasteiger partial charge in [-0.25, -0.2) is 9.88 Å². The Bertz CT molecular complexity index is 938. The molecule has 0 aliphatic heterocycles. The van der Waals surface area contributed by atoms with Crippen LogP contribution in [0.1, 0.15) is 12.5 Å². The number of phenolic OH excluding ortho intramolecular Hbond substituents is 2.